The van der Waals surface area contributed by atoms with Crippen LogP contribution in [-0.2, 0) is 11.3 Å². The molecule has 1 aliphatic carbocycles. The highest BCUT2D eigenvalue weighted by atomic mass is 16.5. The molecule has 1 aromatic carbocycles. The third-order valence-corrected chi connectivity index (χ3v) is 3.96. The van der Waals surface area contributed by atoms with E-state index in [0.717, 1.165) is 24.2 Å². The molecule has 21 heavy (non-hydrogen) atoms. The first-order chi connectivity index (χ1) is 10.0. The molecule has 1 aromatic rings. The lowest BCUT2D eigenvalue weighted by molar-refractivity contribution is -0.138. The van der Waals surface area contributed by atoms with Crippen LogP contribution in [0.2, 0.25) is 0 Å². The normalized spacial score (nSPS) is 15.8. The molecule has 0 aromatic heterocycles. The monoisotopic (exact) mass is 291 g/mol. The lowest BCUT2D eigenvalue weighted by Gasteiger charge is -2.24. The fourth-order valence-electron chi connectivity index (χ4n) is 2.75. The maximum Gasteiger partial charge on any atom is 0.317 e. The fourth-order valence-corrected chi connectivity index (χ4v) is 2.75. The van der Waals surface area contributed by atoms with Gasteiger partial charge in [0.1, 0.15) is 5.75 Å². The van der Waals surface area contributed by atoms with Gasteiger partial charge >= 0.3 is 5.97 Å². The van der Waals surface area contributed by atoms with Crippen molar-refractivity contribution in [1.82, 2.24) is 4.90 Å². The largest absolute Gasteiger partial charge is 0.490 e. The molecular formula is C17H25NO3. The Bertz CT molecular complexity index is 467. The molecular weight excluding hydrogens is 266 g/mol. The van der Waals surface area contributed by atoms with Gasteiger partial charge in [0, 0.05) is 12.6 Å². The maximum atomic E-state index is 10.9. The van der Waals surface area contributed by atoms with Crippen molar-refractivity contribution < 1.29 is 14.6 Å². The summed E-state index contributed by atoms with van der Waals surface area (Å²) in [5.74, 6) is 0.112. The SMILES string of the molecule is CC(C)N(CC(=O)O)Cc1cccc(OC2CCCC2)c1. The van der Waals surface area contributed by atoms with Gasteiger partial charge in [0.05, 0.1) is 12.6 Å². The smallest absolute Gasteiger partial charge is 0.317 e. The van der Waals surface area contributed by atoms with E-state index >= 15 is 0 Å². The number of ether oxygens (including phenoxy) is 1. The molecule has 0 spiro atoms. The van der Waals surface area contributed by atoms with Crippen molar-refractivity contribution in [3.05, 3.63) is 29.8 Å². The maximum absolute atomic E-state index is 10.9. The zero-order valence-corrected chi connectivity index (χ0v) is 12.9. The number of carboxylic acid groups (broad SMARTS) is 1. The van der Waals surface area contributed by atoms with Crippen molar-refractivity contribution in [1.29, 1.82) is 0 Å². The highest BCUT2D eigenvalue weighted by molar-refractivity contribution is 5.69. The zero-order valence-electron chi connectivity index (χ0n) is 12.9. The average Bonchev–Trinajstić information content (AvgIpc) is 2.90. The van der Waals surface area contributed by atoms with Gasteiger partial charge in [-0.2, -0.15) is 0 Å². The molecule has 116 valence electrons. The molecule has 1 aliphatic rings. The zero-order chi connectivity index (χ0) is 15.2. The van der Waals surface area contributed by atoms with Crippen LogP contribution in [0.25, 0.3) is 0 Å². The van der Waals surface area contributed by atoms with E-state index in [2.05, 4.69) is 0 Å². The van der Waals surface area contributed by atoms with Crippen molar-refractivity contribution in [2.24, 2.45) is 0 Å². The van der Waals surface area contributed by atoms with Crippen LogP contribution < -0.4 is 4.74 Å². The number of aliphatic carboxylic acids is 1. The molecule has 1 saturated carbocycles. The summed E-state index contributed by atoms with van der Waals surface area (Å²) in [5.41, 5.74) is 1.10. The van der Waals surface area contributed by atoms with Crippen LogP contribution in [0.3, 0.4) is 0 Å². The van der Waals surface area contributed by atoms with Crippen LogP contribution in [0.4, 0.5) is 0 Å². The molecule has 1 N–H and O–H groups in total. The Morgan fingerprint density at radius 3 is 2.71 bits per heavy atom. The number of benzene rings is 1. The van der Waals surface area contributed by atoms with Crippen molar-refractivity contribution in [2.45, 2.75) is 58.2 Å². The predicted octanol–water partition coefficient (Wildman–Crippen LogP) is 3.30. The highest BCUT2D eigenvalue weighted by Gasteiger charge is 2.17. The van der Waals surface area contributed by atoms with E-state index in [4.69, 9.17) is 9.84 Å². The van der Waals surface area contributed by atoms with Gasteiger partial charge in [-0.1, -0.05) is 12.1 Å². The molecule has 0 radical (unpaired) electrons. The molecule has 4 nitrogen and oxygen atoms in total. The molecule has 0 unspecified atom stereocenters. The average molecular weight is 291 g/mol. The van der Waals surface area contributed by atoms with E-state index in [9.17, 15) is 4.79 Å². The van der Waals surface area contributed by atoms with Crippen molar-refractivity contribution >= 4 is 5.97 Å². The quantitative estimate of drug-likeness (QED) is 0.837. The van der Waals surface area contributed by atoms with E-state index in [0.29, 0.717) is 12.6 Å². The summed E-state index contributed by atoms with van der Waals surface area (Å²) < 4.78 is 6.00. The summed E-state index contributed by atoms with van der Waals surface area (Å²) in [6, 6.07) is 8.23. The standard InChI is InChI=1S/C17H25NO3/c1-13(2)18(12-17(19)20)11-14-6-5-9-16(10-14)21-15-7-3-4-8-15/h5-6,9-10,13,15H,3-4,7-8,11-12H2,1-2H3,(H,19,20). The Kier molecular flexibility index (Phi) is 5.62. The number of rotatable bonds is 7. The van der Waals surface area contributed by atoms with Gasteiger partial charge in [-0.05, 0) is 57.2 Å². The van der Waals surface area contributed by atoms with E-state index < -0.39 is 5.97 Å². The number of carboxylic acids is 1. The second-order valence-electron chi connectivity index (χ2n) is 6.06. The Hall–Kier alpha value is -1.55. The van der Waals surface area contributed by atoms with E-state index in [-0.39, 0.29) is 12.6 Å². The van der Waals surface area contributed by atoms with Gasteiger partial charge in [-0.25, -0.2) is 0 Å². The summed E-state index contributed by atoms with van der Waals surface area (Å²) >= 11 is 0. The highest BCUT2D eigenvalue weighted by Crippen LogP contribution is 2.25. The van der Waals surface area contributed by atoms with Crippen molar-refractivity contribution in [3.63, 3.8) is 0 Å². The van der Waals surface area contributed by atoms with Gasteiger partial charge in [0.2, 0.25) is 0 Å². The second kappa shape index (κ2) is 7.46. The summed E-state index contributed by atoms with van der Waals surface area (Å²) in [7, 11) is 0. The van der Waals surface area contributed by atoms with Gasteiger partial charge < -0.3 is 9.84 Å². The van der Waals surface area contributed by atoms with Gasteiger partial charge in [0.15, 0.2) is 0 Å². The molecule has 0 atom stereocenters. The number of carbonyl (C=O) groups is 1. The Balaban J connectivity index is 1.99. The van der Waals surface area contributed by atoms with Crippen LogP contribution in [0.15, 0.2) is 24.3 Å². The van der Waals surface area contributed by atoms with E-state index in [1.165, 1.54) is 12.8 Å². The van der Waals surface area contributed by atoms with E-state index in [1.54, 1.807) is 0 Å². The number of nitrogens with zero attached hydrogens (tertiary/aromatic N) is 1. The summed E-state index contributed by atoms with van der Waals surface area (Å²) in [4.78, 5) is 12.9. The molecule has 0 aliphatic heterocycles. The number of hydrogen-bond acceptors (Lipinski definition) is 3. The molecule has 4 heteroatoms. The summed E-state index contributed by atoms with van der Waals surface area (Å²) in [5, 5.41) is 8.99. The topological polar surface area (TPSA) is 49.8 Å². The lowest BCUT2D eigenvalue weighted by Crippen LogP contribution is -2.35. The third kappa shape index (κ3) is 5.05. The molecule has 0 amide bonds. The van der Waals surface area contributed by atoms with Gasteiger partial charge in [0.25, 0.3) is 0 Å². The van der Waals surface area contributed by atoms with Crippen LogP contribution >= 0.6 is 0 Å². The van der Waals surface area contributed by atoms with Gasteiger partial charge in [-0.15, -0.1) is 0 Å². The minimum atomic E-state index is -0.790. The van der Waals surface area contributed by atoms with E-state index in [1.807, 2.05) is 43.0 Å². The second-order valence-corrected chi connectivity index (χ2v) is 6.06. The molecule has 0 saturated heterocycles. The summed E-state index contributed by atoms with van der Waals surface area (Å²) in [6.45, 7) is 4.72. The van der Waals surface area contributed by atoms with Gasteiger partial charge in [-0.3, -0.25) is 9.69 Å². The molecule has 2 rings (SSSR count). The first-order valence-corrected chi connectivity index (χ1v) is 7.76. The minimum Gasteiger partial charge on any atom is -0.490 e. The lowest BCUT2D eigenvalue weighted by atomic mass is 10.1. The minimum absolute atomic E-state index is 0.0609. The summed E-state index contributed by atoms with van der Waals surface area (Å²) in [6.07, 6.45) is 5.14. The fraction of sp³-hybridized carbons (Fsp3) is 0.588. The third-order valence-electron chi connectivity index (χ3n) is 3.96. The Labute approximate surface area is 126 Å². The van der Waals surface area contributed by atoms with Crippen molar-refractivity contribution in [2.75, 3.05) is 6.54 Å². The first kappa shape index (κ1) is 15.8. The first-order valence-electron chi connectivity index (χ1n) is 7.76. The predicted molar refractivity (Wildman–Crippen MR) is 82.5 cm³/mol. The molecule has 0 heterocycles. The van der Waals surface area contributed by atoms with Crippen LogP contribution in [0.1, 0.15) is 45.1 Å². The molecule has 1 fully saturated rings. The molecule has 0 bridgehead atoms. The van der Waals surface area contributed by atoms with Crippen LogP contribution in [-0.4, -0.2) is 34.7 Å². The van der Waals surface area contributed by atoms with Crippen LogP contribution in [0, 0.1) is 0 Å². The Morgan fingerprint density at radius 1 is 1.38 bits per heavy atom. The van der Waals surface area contributed by atoms with Crippen LogP contribution in [0.5, 0.6) is 5.75 Å². The number of hydrogen-bond donors (Lipinski definition) is 1. The van der Waals surface area contributed by atoms with Crippen molar-refractivity contribution in [3.8, 4) is 5.75 Å². The Morgan fingerprint density at radius 2 is 2.10 bits per heavy atom.